The summed E-state index contributed by atoms with van der Waals surface area (Å²) in [6.45, 7) is 7.98. The second kappa shape index (κ2) is 13.8. The number of benzene rings is 3. The molecule has 226 valence electrons. The van der Waals surface area contributed by atoms with E-state index in [4.69, 9.17) is 14.5 Å². The van der Waals surface area contributed by atoms with Crippen molar-refractivity contribution in [2.45, 2.75) is 18.4 Å². The van der Waals surface area contributed by atoms with Gasteiger partial charge in [0.05, 0.1) is 53.5 Å². The molecule has 6 rings (SSSR count). The molecule has 0 unspecified atom stereocenters. The maximum atomic E-state index is 14.1. The molecule has 0 radical (unpaired) electrons. The quantitative estimate of drug-likeness (QED) is 0.293. The summed E-state index contributed by atoms with van der Waals surface area (Å²) in [5.74, 6) is 0.713. The summed E-state index contributed by atoms with van der Waals surface area (Å²) in [4.78, 5) is 26.9. The summed E-state index contributed by atoms with van der Waals surface area (Å²) in [6, 6.07) is 23.6. The van der Waals surface area contributed by atoms with Gasteiger partial charge >= 0.3 is 0 Å². The number of fused-ring (bicyclic) bond motifs is 1. The molecule has 0 aliphatic carbocycles. The van der Waals surface area contributed by atoms with Crippen LogP contribution in [0.25, 0.3) is 0 Å². The van der Waals surface area contributed by atoms with Crippen LogP contribution >= 0.6 is 23.5 Å². The summed E-state index contributed by atoms with van der Waals surface area (Å²) in [6.07, 6.45) is 0. The molecule has 1 N–H and O–H groups in total. The van der Waals surface area contributed by atoms with E-state index in [1.807, 2.05) is 62.5 Å². The zero-order chi connectivity index (χ0) is 30.5. The Balaban J connectivity index is 1.28. The van der Waals surface area contributed by atoms with E-state index in [-0.39, 0.29) is 5.91 Å². The average molecular weight is 627 g/mol. The molecule has 0 atom stereocenters. The smallest absolute Gasteiger partial charge is 0.269 e. The first-order valence-corrected chi connectivity index (χ1v) is 16.3. The first-order valence-electron chi connectivity index (χ1n) is 14.7. The number of amidine groups is 1. The fourth-order valence-electron chi connectivity index (χ4n) is 5.19. The number of rotatable bonds is 9. The predicted molar refractivity (Wildman–Crippen MR) is 177 cm³/mol. The van der Waals surface area contributed by atoms with Gasteiger partial charge in [-0.05, 0) is 54.6 Å². The average Bonchev–Trinajstić information content (AvgIpc) is 3.54. The Morgan fingerprint density at radius 1 is 1.07 bits per heavy atom. The van der Waals surface area contributed by atoms with Gasteiger partial charge in [0.15, 0.2) is 5.17 Å². The van der Waals surface area contributed by atoms with Crippen molar-refractivity contribution in [3.63, 3.8) is 0 Å². The van der Waals surface area contributed by atoms with Gasteiger partial charge in [-0.15, -0.1) is 0 Å². The number of amides is 1. The Kier molecular flexibility index (Phi) is 9.43. The van der Waals surface area contributed by atoms with Crippen molar-refractivity contribution in [2.24, 2.45) is 4.99 Å². The number of aliphatic imine (C=N–C) groups is 1. The standard InChI is InChI=1S/C33H34N6O3S2/c1-3-35-26-11-9-24(21-34)19-27(26)36-33-39(22-23-7-5-4-6-8-23)31(40)30(44-33)32-37(2)28-20-25(10-12-29(28)43-32)42-18-15-38-13-16-41-17-14-38/h4-12,19-20,35H,3,13-18,22H2,1-2H3. The van der Waals surface area contributed by atoms with Crippen LogP contribution in [-0.4, -0.2) is 73.9 Å². The van der Waals surface area contributed by atoms with Gasteiger partial charge in [-0.25, -0.2) is 4.99 Å². The van der Waals surface area contributed by atoms with Crippen LogP contribution in [0.3, 0.4) is 0 Å². The van der Waals surface area contributed by atoms with E-state index < -0.39 is 0 Å². The van der Waals surface area contributed by atoms with E-state index >= 15 is 0 Å². The molecule has 2 fully saturated rings. The Morgan fingerprint density at radius 2 is 1.89 bits per heavy atom. The van der Waals surface area contributed by atoms with Crippen LogP contribution < -0.4 is 15.0 Å². The fraction of sp³-hybridized carbons (Fsp3) is 0.303. The molecular weight excluding hydrogens is 593 g/mol. The molecule has 3 aromatic carbocycles. The van der Waals surface area contributed by atoms with E-state index in [1.165, 1.54) is 11.8 Å². The lowest BCUT2D eigenvalue weighted by Gasteiger charge is -2.26. The van der Waals surface area contributed by atoms with E-state index in [9.17, 15) is 10.1 Å². The van der Waals surface area contributed by atoms with Crippen LogP contribution in [0.1, 0.15) is 18.1 Å². The van der Waals surface area contributed by atoms with Crippen LogP contribution in [0, 0.1) is 11.3 Å². The van der Waals surface area contributed by atoms with Crippen LogP contribution in [0.2, 0.25) is 0 Å². The van der Waals surface area contributed by atoms with E-state index in [0.29, 0.717) is 41.0 Å². The number of carbonyl (C=O) groups excluding carboxylic acids is 1. The molecule has 2 saturated heterocycles. The molecule has 11 heteroatoms. The van der Waals surface area contributed by atoms with E-state index in [1.54, 1.807) is 28.8 Å². The largest absolute Gasteiger partial charge is 0.492 e. The Morgan fingerprint density at radius 3 is 2.66 bits per heavy atom. The minimum absolute atomic E-state index is 0.0943. The number of morpholine rings is 1. The highest BCUT2D eigenvalue weighted by Crippen LogP contribution is 2.51. The first-order chi connectivity index (χ1) is 21.5. The highest BCUT2D eigenvalue weighted by Gasteiger charge is 2.39. The first kappa shape index (κ1) is 30.1. The van der Waals surface area contributed by atoms with Gasteiger partial charge in [-0.3, -0.25) is 14.6 Å². The summed E-state index contributed by atoms with van der Waals surface area (Å²) in [5.41, 5.74) is 3.96. The van der Waals surface area contributed by atoms with Crippen molar-refractivity contribution in [3.05, 3.63) is 87.8 Å². The topological polar surface area (TPSA) is 93.4 Å². The summed E-state index contributed by atoms with van der Waals surface area (Å²) < 4.78 is 11.6. The number of nitrogens with one attached hydrogen (secondary N) is 1. The van der Waals surface area contributed by atoms with Crippen molar-refractivity contribution in [2.75, 3.05) is 63.3 Å². The normalized spacial score (nSPS) is 19.4. The number of nitrogens with zero attached hydrogens (tertiary/aromatic N) is 5. The van der Waals surface area contributed by atoms with Gasteiger partial charge < -0.3 is 19.7 Å². The van der Waals surface area contributed by atoms with Crippen LogP contribution in [0.5, 0.6) is 5.75 Å². The minimum Gasteiger partial charge on any atom is -0.492 e. The number of hydrogen-bond donors (Lipinski definition) is 1. The lowest BCUT2D eigenvalue weighted by atomic mass is 10.2. The highest BCUT2D eigenvalue weighted by molar-refractivity contribution is 8.19. The Hall–Kier alpha value is -3.95. The van der Waals surface area contributed by atoms with E-state index in [2.05, 4.69) is 27.3 Å². The number of nitriles is 1. The number of thioether (sulfide) groups is 2. The molecule has 9 nitrogen and oxygen atoms in total. The molecule has 3 heterocycles. The van der Waals surface area contributed by atoms with Crippen molar-refractivity contribution >= 4 is 51.7 Å². The van der Waals surface area contributed by atoms with Crippen molar-refractivity contribution < 1.29 is 14.3 Å². The molecular formula is C33H34N6O3S2. The maximum absolute atomic E-state index is 14.1. The third-order valence-electron chi connectivity index (χ3n) is 7.53. The van der Waals surface area contributed by atoms with Crippen LogP contribution in [-0.2, 0) is 16.1 Å². The Labute approximate surface area is 266 Å². The third kappa shape index (κ3) is 6.59. The van der Waals surface area contributed by atoms with Gasteiger partial charge in [0.2, 0.25) is 0 Å². The van der Waals surface area contributed by atoms with Gasteiger partial charge in [0, 0.05) is 44.2 Å². The summed E-state index contributed by atoms with van der Waals surface area (Å²) in [5, 5.41) is 14.3. The zero-order valence-corrected chi connectivity index (χ0v) is 26.4. The van der Waals surface area contributed by atoms with Gasteiger partial charge in [0.25, 0.3) is 5.91 Å². The van der Waals surface area contributed by atoms with Crippen molar-refractivity contribution in [1.82, 2.24) is 9.80 Å². The van der Waals surface area contributed by atoms with Gasteiger partial charge in [-0.2, -0.15) is 5.26 Å². The lowest BCUT2D eigenvalue weighted by molar-refractivity contribution is -0.122. The number of carbonyl (C=O) groups is 1. The molecule has 0 aromatic heterocycles. The van der Waals surface area contributed by atoms with E-state index in [0.717, 1.165) is 65.5 Å². The zero-order valence-electron chi connectivity index (χ0n) is 24.8. The highest BCUT2D eigenvalue weighted by atomic mass is 32.2. The SMILES string of the molecule is CCNc1ccc(C#N)cc1N=C1SC(=C2Sc3ccc(OCCN4CCOCC4)cc3N2C)C(=O)N1Cc1ccccc1. The summed E-state index contributed by atoms with van der Waals surface area (Å²) >= 11 is 2.96. The molecule has 0 bridgehead atoms. The molecule has 1 amide bonds. The van der Waals surface area contributed by atoms with Crippen LogP contribution in [0.4, 0.5) is 17.1 Å². The fourth-order valence-corrected chi connectivity index (χ4v) is 7.51. The number of ether oxygens (including phenoxy) is 2. The predicted octanol–water partition coefficient (Wildman–Crippen LogP) is 5.88. The molecule has 3 aliphatic heterocycles. The molecule has 3 aromatic rings. The monoisotopic (exact) mass is 626 g/mol. The Bertz CT molecular complexity index is 1630. The van der Waals surface area contributed by atoms with Crippen molar-refractivity contribution in [3.8, 4) is 11.8 Å². The lowest BCUT2D eigenvalue weighted by Crippen LogP contribution is -2.38. The number of anilines is 2. The van der Waals surface area contributed by atoms with Crippen LogP contribution in [0.15, 0.2) is 86.6 Å². The molecule has 44 heavy (non-hydrogen) atoms. The van der Waals surface area contributed by atoms with Gasteiger partial charge in [-0.1, -0.05) is 42.1 Å². The second-order valence-corrected chi connectivity index (χ2v) is 12.5. The second-order valence-electron chi connectivity index (χ2n) is 10.5. The molecule has 0 saturated carbocycles. The van der Waals surface area contributed by atoms with Gasteiger partial charge in [0.1, 0.15) is 17.3 Å². The maximum Gasteiger partial charge on any atom is 0.269 e. The summed E-state index contributed by atoms with van der Waals surface area (Å²) in [7, 11) is 1.99. The number of hydrogen-bond acceptors (Lipinski definition) is 10. The van der Waals surface area contributed by atoms with Crippen molar-refractivity contribution in [1.29, 1.82) is 5.26 Å². The molecule has 0 spiro atoms. The molecule has 3 aliphatic rings. The minimum atomic E-state index is -0.0943. The third-order valence-corrected chi connectivity index (χ3v) is 9.97.